The number of carbonyl (C=O) groups is 1. The second-order valence-electron chi connectivity index (χ2n) is 4.70. The minimum Gasteiger partial charge on any atom is -0.454 e. The molecule has 1 aliphatic heterocycles. The quantitative estimate of drug-likeness (QED) is 0.849. The van der Waals surface area contributed by atoms with Crippen molar-refractivity contribution in [3.63, 3.8) is 0 Å². The van der Waals surface area contributed by atoms with E-state index in [1.807, 2.05) is 18.2 Å². The summed E-state index contributed by atoms with van der Waals surface area (Å²) in [6.07, 6.45) is 4.20. The van der Waals surface area contributed by atoms with Gasteiger partial charge in [-0.05, 0) is 24.1 Å². The predicted octanol–water partition coefficient (Wildman–Crippen LogP) is 0.756. The van der Waals surface area contributed by atoms with Crippen molar-refractivity contribution in [2.24, 2.45) is 0 Å². The van der Waals surface area contributed by atoms with Gasteiger partial charge in [-0.1, -0.05) is 6.07 Å². The van der Waals surface area contributed by atoms with E-state index in [-0.39, 0.29) is 12.7 Å². The zero-order valence-electron chi connectivity index (χ0n) is 11.5. The van der Waals surface area contributed by atoms with Gasteiger partial charge in [0.25, 0.3) is 0 Å². The van der Waals surface area contributed by atoms with Gasteiger partial charge in [0, 0.05) is 13.0 Å². The number of nitrogens with zero attached hydrogens (tertiary/aromatic N) is 3. The van der Waals surface area contributed by atoms with Crippen molar-refractivity contribution in [2.75, 3.05) is 13.3 Å². The Kier molecular flexibility index (Phi) is 3.99. The summed E-state index contributed by atoms with van der Waals surface area (Å²) >= 11 is 0. The van der Waals surface area contributed by atoms with Crippen molar-refractivity contribution in [3.8, 4) is 11.5 Å². The molecule has 21 heavy (non-hydrogen) atoms. The molecule has 1 N–H and O–H groups in total. The van der Waals surface area contributed by atoms with Crippen LogP contribution in [0.4, 0.5) is 0 Å². The number of benzene rings is 1. The molecular formula is C14H16N4O3. The fourth-order valence-corrected chi connectivity index (χ4v) is 2.10. The Morgan fingerprint density at radius 2 is 2.24 bits per heavy atom. The summed E-state index contributed by atoms with van der Waals surface area (Å²) in [6.45, 7) is 1.41. The van der Waals surface area contributed by atoms with Gasteiger partial charge in [-0.25, -0.2) is 4.98 Å². The first-order valence-corrected chi connectivity index (χ1v) is 6.79. The summed E-state index contributed by atoms with van der Waals surface area (Å²) in [7, 11) is 0. The lowest BCUT2D eigenvalue weighted by Gasteiger charge is -2.06. The Morgan fingerprint density at radius 1 is 1.33 bits per heavy atom. The van der Waals surface area contributed by atoms with Crippen LogP contribution in [-0.4, -0.2) is 34.0 Å². The van der Waals surface area contributed by atoms with Crippen LogP contribution in [-0.2, 0) is 17.8 Å². The van der Waals surface area contributed by atoms with Crippen molar-refractivity contribution in [1.82, 2.24) is 20.1 Å². The molecule has 110 valence electrons. The lowest BCUT2D eigenvalue weighted by molar-refractivity contribution is -0.121. The van der Waals surface area contributed by atoms with Gasteiger partial charge in [0.2, 0.25) is 12.7 Å². The minimum absolute atomic E-state index is 0.00578. The third-order valence-electron chi connectivity index (χ3n) is 3.21. The molecule has 1 aromatic heterocycles. The van der Waals surface area contributed by atoms with Gasteiger partial charge in [0.1, 0.15) is 12.7 Å². The molecule has 0 bridgehead atoms. The van der Waals surface area contributed by atoms with Crippen LogP contribution in [0.3, 0.4) is 0 Å². The standard InChI is InChI=1S/C14H16N4O3/c19-14(4-6-18-9-15-8-17-18)16-5-3-11-1-2-12-13(7-11)21-10-20-12/h1-2,7-9H,3-6,10H2,(H,16,19). The van der Waals surface area contributed by atoms with E-state index in [4.69, 9.17) is 9.47 Å². The summed E-state index contributed by atoms with van der Waals surface area (Å²) in [6, 6.07) is 5.82. The van der Waals surface area contributed by atoms with E-state index in [1.165, 1.54) is 6.33 Å². The number of aromatic nitrogens is 3. The number of aryl methyl sites for hydroxylation is 1. The SMILES string of the molecule is O=C(CCn1cncn1)NCCc1ccc2c(c1)OCO2. The molecule has 0 fully saturated rings. The third kappa shape index (κ3) is 3.50. The summed E-state index contributed by atoms with van der Waals surface area (Å²) < 4.78 is 12.2. The number of rotatable bonds is 6. The monoisotopic (exact) mass is 288 g/mol. The zero-order valence-corrected chi connectivity index (χ0v) is 11.5. The Labute approximate surface area is 121 Å². The highest BCUT2D eigenvalue weighted by Crippen LogP contribution is 2.32. The Morgan fingerprint density at radius 3 is 3.10 bits per heavy atom. The lowest BCUT2D eigenvalue weighted by Crippen LogP contribution is -2.26. The van der Waals surface area contributed by atoms with Crippen molar-refractivity contribution >= 4 is 5.91 Å². The van der Waals surface area contributed by atoms with Gasteiger partial charge in [-0.3, -0.25) is 9.48 Å². The molecule has 1 aliphatic rings. The van der Waals surface area contributed by atoms with Crippen molar-refractivity contribution in [1.29, 1.82) is 0 Å². The number of hydrogen-bond donors (Lipinski definition) is 1. The maximum atomic E-state index is 11.7. The fraction of sp³-hybridized carbons (Fsp3) is 0.357. The molecule has 0 atom stereocenters. The van der Waals surface area contributed by atoms with Crippen LogP contribution in [0.2, 0.25) is 0 Å². The van der Waals surface area contributed by atoms with Gasteiger partial charge in [0.15, 0.2) is 11.5 Å². The van der Waals surface area contributed by atoms with E-state index < -0.39 is 0 Å². The van der Waals surface area contributed by atoms with E-state index in [0.717, 1.165) is 23.5 Å². The number of amides is 1. The number of hydrogen-bond acceptors (Lipinski definition) is 5. The summed E-state index contributed by atoms with van der Waals surface area (Å²) in [5.41, 5.74) is 1.11. The van der Waals surface area contributed by atoms with E-state index >= 15 is 0 Å². The lowest BCUT2D eigenvalue weighted by atomic mass is 10.1. The molecule has 0 unspecified atom stereocenters. The second-order valence-corrected chi connectivity index (χ2v) is 4.70. The maximum Gasteiger partial charge on any atom is 0.231 e. The van der Waals surface area contributed by atoms with E-state index in [9.17, 15) is 4.79 Å². The Hall–Kier alpha value is -2.57. The predicted molar refractivity (Wildman–Crippen MR) is 73.9 cm³/mol. The van der Waals surface area contributed by atoms with Crippen LogP contribution in [0.5, 0.6) is 11.5 Å². The topological polar surface area (TPSA) is 78.3 Å². The molecule has 2 heterocycles. The molecule has 1 amide bonds. The van der Waals surface area contributed by atoms with Crippen molar-refractivity contribution in [2.45, 2.75) is 19.4 Å². The molecule has 0 spiro atoms. The largest absolute Gasteiger partial charge is 0.454 e. The van der Waals surface area contributed by atoms with Crippen LogP contribution in [0.25, 0.3) is 0 Å². The molecule has 7 nitrogen and oxygen atoms in total. The molecule has 0 aliphatic carbocycles. The van der Waals surface area contributed by atoms with Crippen LogP contribution < -0.4 is 14.8 Å². The van der Waals surface area contributed by atoms with Gasteiger partial charge in [0.05, 0.1) is 6.54 Å². The summed E-state index contributed by atoms with van der Waals surface area (Å²) in [5.74, 6) is 1.55. The first-order valence-electron chi connectivity index (χ1n) is 6.79. The van der Waals surface area contributed by atoms with Gasteiger partial charge in [-0.15, -0.1) is 0 Å². The molecule has 0 saturated heterocycles. The number of nitrogens with one attached hydrogen (secondary N) is 1. The molecule has 3 rings (SSSR count). The average Bonchev–Trinajstić information content (AvgIpc) is 3.16. The molecule has 7 heteroatoms. The molecule has 0 radical (unpaired) electrons. The number of fused-ring (bicyclic) bond motifs is 1. The first-order chi connectivity index (χ1) is 10.3. The minimum atomic E-state index is 0.00578. The zero-order chi connectivity index (χ0) is 14.5. The smallest absolute Gasteiger partial charge is 0.231 e. The maximum absolute atomic E-state index is 11.7. The highest BCUT2D eigenvalue weighted by atomic mass is 16.7. The van der Waals surface area contributed by atoms with E-state index in [2.05, 4.69) is 15.4 Å². The highest BCUT2D eigenvalue weighted by Gasteiger charge is 2.13. The number of carbonyl (C=O) groups excluding carboxylic acids is 1. The molecule has 2 aromatic rings. The summed E-state index contributed by atoms with van der Waals surface area (Å²) in [5, 5.41) is 6.84. The average molecular weight is 288 g/mol. The van der Waals surface area contributed by atoms with Crippen LogP contribution in [0.15, 0.2) is 30.9 Å². The van der Waals surface area contributed by atoms with Crippen LogP contribution >= 0.6 is 0 Å². The fourth-order valence-electron chi connectivity index (χ4n) is 2.10. The Bertz CT molecular complexity index is 613. The van der Waals surface area contributed by atoms with Crippen LogP contribution in [0.1, 0.15) is 12.0 Å². The Balaban J connectivity index is 1.40. The van der Waals surface area contributed by atoms with Gasteiger partial charge in [-0.2, -0.15) is 5.10 Å². The van der Waals surface area contributed by atoms with Gasteiger partial charge < -0.3 is 14.8 Å². The van der Waals surface area contributed by atoms with Crippen LogP contribution in [0, 0.1) is 0 Å². The van der Waals surface area contributed by atoms with E-state index in [1.54, 1.807) is 11.0 Å². The highest BCUT2D eigenvalue weighted by molar-refractivity contribution is 5.75. The second kappa shape index (κ2) is 6.25. The third-order valence-corrected chi connectivity index (χ3v) is 3.21. The summed E-state index contributed by atoms with van der Waals surface area (Å²) in [4.78, 5) is 15.5. The van der Waals surface area contributed by atoms with Gasteiger partial charge >= 0.3 is 0 Å². The first kappa shape index (κ1) is 13.4. The molecular weight excluding hydrogens is 272 g/mol. The molecule has 0 saturated carbocycles. The van der Waals surface area contributed by atoms with Crippen molar-refractivity contribution in [3.05, 3.63) is 36.4 Å². The molecule has 1 aromatic carbocycles. The normalized spacial score (nSPS) is 12.4. The number of ether oxygens (including phenoxy) is 2. The van der Waals surface area contributed by atoms with Crippen molar-refractivity contribution < 1.29 is 14.3 Å². The van der Waals surface area contributed by atoms with E-state index in [0.29, 0.717) is 19.5 Å².